The van der Waals surface area contributed by atoms with Crippen molar-refractivity contribution in [2.24, 2.45) is 0 Å². The van der Waals surface area contributed by atoms with Crippen LogP contribution in [0.5, 0.6) is 0 Å². The Balaban J connectivity index is 1.27. The van der Waals surface area contributed by atoms with E-state index < -0.39 is 16.1 Å². The number of amides is 2. The molecule has 1 unspecified atom stereocenters. The summed E-state index contributed by atoms with van der Waals surface area (Å²) < 4.78 is 28.2. The van der Waals surface area contributed by atoms with Crippen molar-refractivity contribution in [1.82, 2.24) is 4.31 Å². The van der Waals surface area contributed by atoms with E-state index in [2.05, 4.69) is 5.32 Å². The Hall–Kier alpha value is -2.95. The Morgan fingerprint density at radius 1 is 1.05 bits per heavy atom. The molecule has 11 heteroatoms. The van der Waals surface area contributed by atoms with Crippen molar-refractivity contribution in [3.63, 3.8) is 0 Å². The summed E-state index contributed by atoms with van der Waals surface area (Å²) in [5.41, 5.74) is 2.76. The Bertz CT molecular complexity index is 1740. The highest BCUT2D eigenvalue weighted by atomic mass is 35.5. The molecule has 1 saturated heterocycles. The van der Waals surface area contributed by atoms with Gasteiger partial charge in [0.1, 0.15) is 10.3 Å². The highest BCUT2D eigenvalue weighted by molar-refractivity contribution is 7.91. The molecule has 1 aromatic heterocycles. The normalized spacial score (nSPS) is 17.5. The van der Waals surface area contributed by atoms with Crippen LogP contribution in [0.25, 0.3) is 10.8 Å². The standard InChI is InChI=1S/C29H25Cl2N3O4S2/c30-19-10-9-18(22(31)17-19)13-15-33-24-12-11-23(20-5-3-6-21(27(20)24)29(33)36)32-28(35)25-7-1-2-14-34(25)40(37,38)26-8-4-16-39-26/h3-6,8-12,16-17,25H,1-2,7,13-15H2,(H,32,35). The molecule has 0 aliphatic carbocycles. The summed E-state index contributed by atoms with van der Waals surface area (Å²) in [5.74, 6) is -0.492. The van der Waals surface area contributed by atoms with Crippen LogP contribution in [-0.4, -0.2) is 43.7 Å². The van der Waals surface area contributed by atoms with Crippen LogP contribution in [0.1, 0.15) is 35.2 Å². The van der Waals surface area contributed by atoms with Crippen LogP contribution >= 0.6 is 34.5 Å². The molecule has 6 rings (SSSR count). The molecule has 1 fully saturated rings. The van der Waals surface area contributed by atoms with E-state index in [9.17, 15) is 18.0 Å². The number of carbonyl (C=O) groups is 2. The lowest BCUT2D eigenvalue weighted by Crippen LogP contribution is -2.49. The van der Waals surface area contributed by atoms with Crippen molar-refractivity contribution in [1.29, 1.82) is 0 Å². The lowest BCUT2D eigenvalue weighted by molar-refractivity contribution is -0.120. The van der Waals surface area contributed by atoms with Gasteiger partial charge in [0.25, 0.3) is 15.9 Å². The van der Waals surface area contributed by atoms with E-state index in [0.29, 0.717) is 53.6 Å². The van der Waals surface area contributed by atoms with Gasteiger partial charge >= 0.3 is 0 Å². The van der Waals surface area contributed by atoms with E-state index in [1.807, 2.05) is 18.2 Å². The van der Waals surface area contributed by atoms with Gasteiger partial charge in [0.15, 0.2) is 0 Å². The molecule has 2 amide bonds. The molecule has 0 radical (unpaired) electrons. The number of anilines is 2. The monoisotopic (exact) mass is 613 g/mol. The highest BCUT2D eigenvalue weighted by Crippen LogP contribution is 2.41. The van der Waals surface area contributed by atoms with Gasteiger partial charge < -0.3 is 10.2 Å². The van der Waals surface area contributed by atoms with E-state index in [-0.39, 0.29) is 16.0 Å². The molecular formula is C29H25Cl2N3O4S2. The minimum absolute atomic E-state index is 0.116. The molecule has 0 spiro atoms. The van der Waals surface area contributed by atoms with Gasteiger partial charge in [0.05, 0.1) is 5.69 Å². The molecule has 2 aliphatic rings. The molecule has 0 saturated carbocycles. The van der Waals surface area contributed by atoms with E-state index in [1.165, 1.54) is 4.31 Å². The first-order valence-corrected chi connectivity index (χ1v) is 16.0. The van der Waals surface area contributed by atoms with Crippen molar-refractivity contribution in [3.8, 4) is 0 Å². The van der Waals surface area contributed by atoms with Crippen LogP contribution in [0.3, 0.4) is 0 Å². The third-order valence-corrected chi connectivity index (χ3v) is 11.3. The first-order valence-electron chi connectivity index (χ1n) is 12.9. The smallest absolute Gasteiger partial charge is 0.259 e. The van der Waals surface area contributed by atoms with Crippen LogP contribution in [-0.2, 0) is 21.2 Å². The van der Waals surface area contributed by atoms with Crippen LogP contribution < -0.4 is 10.2 Å². The largest absolute Gasteiger partial charge is 0.324 e. The average Bonchev–Trinajstić information content (AvgIpc) is 3.59. The molecule has 4 aromatic rings. The predicted molar refractivity (Wildman–Crippen MR) is 160 cm³/mol. The Morgan fingerprint density at radius 2 is 1.90 bits per heavy atom. The fraction of sp³-hybridized carbons (Fsp3) is 0.241. The maximum Gasteiger partial charge on any atom is 0.259 e. The summed E-state index contributed by atoms with van der Waals surface area (Å²) in [6.45, 7) is 0.719. The molecule has 1 N–H and O–H groups in total. The summed E-state index contributed by atoms with van der Waals surface area (Å²) in [6, 6.07) is 16.8. The third-order valence-electron chi connectivity index (χ3n) is 7.48. The molecule has 206 valence electrons. The van der Waals surface area contributed by atoms with Crippen molar-refractivity contribution in [3.05, 3.63) is 87.2 Å². The molecule has 7 nitrogen and oxygen atoms in total. The van der Waals surface area contributed by atoms with Gasteiger partial charge in [0, 0.05) is 45.2 Å². The Kier molecular flexibility index (Phi) is 7.35. The predicted octanol–water partition coefficient (Wildman–Crippen LogP) is 6.59. The molecule has 40 heavy (non-hydrogen) atoms. The quantitative estimate of drug-likeness (QED) is 0.255. The van der Waals surface area contributed by atoms with E-state index in [1.54, 1.807) is 52.7 Å². The number of hydrogen-bond acceptors (Lipinski definition) is 5. The van der Waals surface area contributed by atoms with Crippen LogP contribution in [0.4, 0.5) is 11.4 Å². The van der Waals surface area contributed by atoms with E-state index in [0.717, 1.165) is 39.8 Å². The first kappa shape index (κ1) is 27.2. The minimum Gasteiger partial charge on any atom is -0.324 e. The SMILES string of the molecule is O=C(Nc1ccc2c3c(cccc13)C(=O)N2CCc1ccc(Cl)cc1Cl)C1CCCCN1S(=O)(=O)c1cccs1. The number of rotatable bonds is 7. The molecule has 1 atom stereocenters. The fourth-order valence-electron chi connectivity index (χ4n) is 5.53. The second-order valence-corrected chi connectivity index (χ2v) is 13.8. The number of sulfonamides is 1. The van der Waals surface area contributed by atoms with E-state index >= 15 is 0 Å². The maximum atomic E-state index is 13.6. The third kappa shape index (κ3) is 4.80. The Labute approximate surface area is 246 Å². The van der Waals surface area contributed by atoms with Crippen molar-refractivity contribution in [2.45, 2.75) is 35.9 Å². The highest BCUT2D eigenvalue weighted by Gasteiger charge is 2.38. The lowest BCUT2D eigenvalue weighted by atomic mass is 10.0. The van der Waals surface area contributed by atoms with Gasteiger partial charge in [-0.3, -0.25) is 9.59 Å². The van der Waals surface area contributed by atoms with Gasteiger partial charge in [-0.1, -0.05) is 53.9 Å². The van der Waals surface area contributed by atoms with Crippen LogP contribution in [0, 0.1) is 0 Å². The van der Waals surface area contributed by atoms with Gasteiger partial charge in [-0.2, -0.15) is 4.31 Å². The average molecular weight is 615 g/mol. The molecule has 0 bridgehead atoms. The number of piperidine rings is 1. The summed E-state index contributed by atoms with van der Waals surface area (Å²) in [5, 5.41) is 7.30. The van der Waals surface area contributed by atoms with Crippen molar-refractivity contribution in [2.75, 3.05) is 23.3 Å². The number of nitrogens with one attached hydrogen (secondary N) is 1. The number of nitrogens with zero attached hydrogens (tertiary/aromatic N) is 2. The number of thiophene rings is 1. The summed E-state index contributed by atoms with van der Waals surface area (Å²) in [7, 11) is -3.78. The van der Waals surface area contributed by atoms with Gasteiger partial charge in [-0.25, -0.2) is 8.42 Å². The van der Waals surface area contributed by atoms with Crippen LogP contribution in [0.2, 0.25) is 10.0 Å². The number of benzene rings is 3. The second-order valence-electron chi connectivity index (χ2n) is 9.85. The van der Waals surface area contributed by atoms with Gasteiger partial charge in [-0.15, -0.1) is 11.3 Å². The first-order chi connectivity index (χ1) is 19.3. The number of halogens is 2. The minimum atomic E-state index is -3.78. The molecular weight excluding hydrogens is 589 g/mol. The fourth-order valence-corrected chi connectivity index (χ4v) is 8.81. The van der Waals surface area contributed by atoms with Crippen molar-refractivity contribution < 1.29 is 18.0 Å². The zero-order valence-electron chi connectivity index (χ0n) is 21.3. The summed E-state index contributed by atoms with van der Waals surface area (Å²) >= 11 is 13.5. The molecule has 3 aromatic carbocycles. The Morgan fingerprint density at radius 3 is 2.67 bits per heavy atom. The van der Waals surface area contributed by atoms with Crippen molar-refractivity contribution >= 4 is 78.5 Å². The number of carbonyl (C=O) groups excluding carboxylic acids is 2. The summed E-state index contributed by atoms with van der Waals surface area (Å²) in [4.78, 5) is 28.7. The van der Waals surface area contributed by atoms with E-state index in [4.69, 9.17) is 23.2 Å². The van der Waals surface area contributed by atoms with Gasteiger partial charge in [0.2, 0.25) is 5.91 Å². The topological polar surface area (TPSA) is 86.8 Å². The zero-order valence-corrected chi connectivity index (χ0v) is 24.4. The number of hydrogen-bond donors (Lipinski definition) is 1. The lowest BCUT2D eigenvalue weighted by Gasteiger charge is -2.33. The molecule has 2 aliphatic heterocycles. The van der Waals surface area contributed by atoms with Crippen LogP contribution in [0.15, 0.2) is 70.3 Å². The zero-order chi connectivity index (χ0) is 28.0. The maximum absolute atomic E-state index is 13.6. The second kappa shape index (κ2) is 10.8. The molecule has 3 heterocycles. The van der Waals surface area contributed by atoms with Gasteiger partial charge in [-0.05, 0) is 66.6 Å². The summed E-state index contributed by atoms with van der Waals surface area (Å²) in [6.07, 6.45) is 2.46.